The number of benzene rings is 1. The van der Waals surface area contributed by atoms with E-state index in [-0.39, 0.29) is 6.61 Å². The number of halogens is 1. The number of piperidine rings is 1. The predicted octanol–water partition coefficient (Wildman–Crippen LogP) is 2.83. The van der Waals surface area contributed by atoms with Gasteiger partial charge in [-0.05, 0) is 30.0 Å². The lowest BCUT2D eigenvalue weighted by atomic mass is 9.53. The summed E-state index contributed by atoms with van der Waals surface area (Å²) in [5.74, 6) is -0.147. The first-order chi connectivity index (χ1) is 13.3. The van der Waals surface area contributed by atoms with E-state index in [1.54, 1.807) is 0 Å². The van der Waals surface area contributed by atoms with Gasteiger partial charge in [-0.15, -0.1) is 0 Å². The van der Waals surface area contributed by atoms with Gasteiger partial charge in [0.25, 0.3) is 0 Å². The topological polar surface area (TPSA) is 62.2 Å². The number of aliphatic hydroxyl groups excluding tert-OH is 2. The van der Waals surface area contributed by atoms with Crippen molar-refractivity contribution in [3.05, 3.63) is 34.3 Å². The zero-order chi connectivity index (χ0) is 20.0. The Hall–Kier alpha value is -0.500. The maximum absolute atomic E-state index is 11.6. The van der Waals surface area contributed by atoms with Crippen LogP contribution in [0, 0.1) is 16.7 Å². The van der Waals surface area contributed by atoms with Crippen LogP contribution in [0.4, 0.5) is 0 Å². The number of ether oxygens (including phenoxy) is 2. The molecule has 2 N–H and O–H groups in total. The lowest BCUT2D eigenvalue weighted by molar-refractivity contribution is -0.293. The Bertz CT molecular complexity index is 690. The normalized spacial score (nSPS) is 35.0. The fourth-order valence-corrected chi connectivity index (χ4v) is 6.24. The molecular formula is C22H32BrNO4. The maximum Gasteiger partial charge on any atom is 0.169 e. The molecule has 2 bridgehead atoms. The minimum Gasteiger partial charge on any atom is -0.396 e. The zero-order valence-corrected chi connectivity index (χ0v) is 18.5. The van der Waals surface area contributed by atoms with Gasteiger partial charge in [-0.1, -0.05) is 41.9 Å². The first-order valence-corrected chi connectivity index (χ1v) is 11.1. The van der Waals surface area contributed by atoms with Crippen molar-refractivity contribution in [3.8, 4) is 0 Å². The van der Waals surface area contributed by atoms with Crippen LogP contribution in [0.1, 0.15) is 32.3 Å². The monoisotopic (exact) mass is 453 g/mol. The fourth-order valence-electron chi connectivity index (χ4n) is 5.97. The van der Waals surface area contributed by atoms with Gasteiger partial charge < -0.3 is 24.6 Å². The molecule has 3 atom stereocenters. The Labute approximate surface area is 176 Å². The Morgan fingerprint density at radius 1 is 1.11 bits per heavy atom. The van der Waals surface area contributed by atoms with Gasteiger partial charge in [-0.2, -0.15) is 0 Å². The van der Waals surface area contributed by atoms with Gasteiger partial charge in [0, 0.05) is 47.8 Å². The summed E-state index contributed by atoms with van der Waals surface area (Å²) in [5.41, 5.74) is 0.160. The maximum atomic E-state index is 11.6. The second-order valence-electron chi connectivity index (χ2n) is 9.61. The Morgan fingerprint density at radius 2 is 1.71 bits per heavy atom. The van der Waals surface area contributed by atoms with Gasteiger partial charge in [-0.3, -0.25) is 0 Å². The third-order valence-electron chi connectivity index (χ3n) is 6.70. The second-order valence-corrected chi connectivity index (χ2v) is 10.5. The highest BCUT2D eigenvalue weighted by Crippen LogP contribution is 2.58. The van der Waals surface area contributed by atoms with Crippen molar-refractivity contribution in [3.63, 3.8) is 0 Å². The number of fused-ring (bicyclic) bond motifs is 2. The number of hydrogen-bond acceptors (Lipinski definition) is 5. The molecule has 2 heterocycles. The van der Waals surface area contributed by atoms with E-state index < -0.39 is 22.7 Å². The van der Waals surface area contributed by atoms with Crippen molar-refractivity contribution in [1.82, 2.24) is 4.90 Å². The molecular weight excluding hydrogens is 422 g/mol. The van der Waals surface area contributed by atoms with Crippen LogP contribution in [0.2, 0.25) is 0 Å². The Morgan fingerprint density at radius 3 is 2.32 bits per heavy atom. The van der Waals surface area contributed by atoms with E-state index >= 15 is 0 Å². The lowest BCUT2D eigenvalue weighted by Gasteiger charge is -2.62. The fraction of sp³-hybridized carbons (Fsp3) is 0.727. The van der Waals surface area contributed by atoms with E-state index in [1.165, 1.54) is 5.56 Å². The van der Waals surface area contributed by atoms with E-state index in [4.69, 9.17) is 9.47 Å². The van der Waals surface area contributed by atoms with Crippen LogP contribution in [0.5, 0.6) is 0 Å². The molecule has 156 valence electrons. The summed E-state index contributed by atoms with van der Waals surface area (Å²) < 4.78 is 13.3. The molecule has 3 fully saturated rings. The van der Waals surface area contributed by atoms with Crippen molar-refractivity contribution in [2.45, 2.75) is 45.0 Å². The van der Waals surface area contributed by atoms with Gasteiger partial charge in [0.15, 0.2) is 5.79 Å². The molecule has 1 aromatic carbocycles. The van der Waals surface area contributed by atoms with Gasteiger partial charge >= 0.3 is 0 Å². The molecule has 0 amide bonds. The standard InChI is InChI=1S/C22H32BrNO4/c1-16(2)10-24-13-20(9-17-3-5-18(23)6-4-17)11-22(27-7-8-28-22)12-21(14-24,15-25)19(20)26/h3-6,16,19,25-26H,7-15H2,1-2H3. The highest BCUT2D eigenvalue weighted by Gasteiger charge is 2.65. The molecule has 4 rings (SSSR count). The first-order valence-electron chi connectivity index (χ1n) is 10.3. The average molecular weight is 454 g/mol. The van der Waals surface area contributed by atoms with Gasteiger partial charge in [-0.25, -0.2) is 0 Å². The molecule has 0 aromatic heterocycles. The molecule has 28 heavy (non-hydrogen) atoms. The molecule has 1 saturated carbocycles. The summed E-state index contributed by atoms with van der Waals surface area (Å²) in [6, 6.07) is 8.33. The van der Waals surface area contributed by atoms with Crippen molar-refractivity contribution in [2.75, 3.05) is 39.5 Å². The smallest absolute Gasteiger partial charge is 0.169 e. The van der Waals surface area contributed by atoms with E-state index in [2.05, 4.69) is 46.8 Å². The summed E-state index contributed by atoms with van der Waals surface area (Å²) in [6.07, 6.45) is 1.37. The lowest BCUT2D eigenvalue weighted by Crippen LogP contribution is -2.71. The molecule has 1 aromatic rings. The minimum absolute atomic E-state index is 0.0562. The molecule has 3 unspecified atom stereocenters. The third-order valence-corrected chi connectivity index (χ3v) is 7.23. The number of aliphatic hydroxyl groups is 2. The number of hydrogen-bond donors (Lipinski definition) is 2. The van der Waals surface area contributed by atoms with Crippen LogP contribution in [0.25, 0.3) is 0 Å². The quantitative estimate of drug-likeness (QED) is 0.717. The third kappa shape index (κ3) is 3.68. The minimum atomic E-state index is -0.679. The first kappa shape index (κ1) is 20.8. The number of nitrogens with zero attached hydrogens (tertiary/aromatic N) is 1. The van der Waals surface area contributed by atoms with Crippen LogP contribution >= 0.6 is 15.9 Å². The van der Waals surface area contributed by atoms with E-state index in [0.29, 0.717) is 38.5 Å². The Kier molecular flexibility index (Phi) is 5.66. The summed E-state index contributed by atoms with van der Waals surface area (Å²) in [5, 5.41) is 22.1. The van der Waals surface area contributed by atoms with E-state index in [0.717, 1.165) is 24.0 Å². The highest BCUT2D eigenvalue weighted by molar-refractivity contribution is 9.10. The second kappa shape index (κ2) is 7.64. The molecule has 2 aliphatic heterocycles. The van der Waals surface area contributed by atoms with Crippen molar-refractivity contribution in [1.29, 1.82) is 0 Å². The van der Waals surface area contributed by atoms with Crippen molar-refractivity contribution < 1.29 is 19.7 Å². The number of rotatable bonds is 5. The summed E-state index contributed by atoms with van der Waals surface area (Å²) >= 11 is 3.51. The van der Waals surface area contributed by atoms with Crippen LogP contribution in [0.15, 0.2) is 28.7 Å². The summed E-state index contributed by atoms with van der Waals surface area (Å²) in [4.78, 5) is 2.44. The molecule has 1 spiro atoms. The van der Waals surface area contributed by atoms with Gasteiger partial charge in [0.2, 0.25) is 0 Å². The molecule has 5 nitrogen and oxygen atoms in total. The molecule has 0 radical (unpaired) electrons. The molecule has 2 saturated heterocycles. The highest BCUT2D eigenvalue weighted by atomic mass is 79.9. The molecule has 6 heteroatoms. The molecule has 1 aliphatic carbocycles. The van der Waals surface area contributed by atoms with Gasteiger partial charge in [0.05, 0.1) is 25.9 Å². The summed E-state index contributed by atoms with van der Waals surface area (Å²) in [7, 11) is 0. The Balaban J connectivity index is 1.73. The average Bonchev–Trinajstić information content (AvgIpc) is 3.07. The van der Waals surface area contributed by atoms with Gasteiger partial charge in [0.1, 0.15) is 0 Å². The molecule has 3 aliphatic rings. The van der Waals surface area contributed by atoms with Crippen LogP contribution in [-0.2, 0) is 15.9 Å². The van der Waals surface area contributed by atoms with Crippen molar-refractivity contribution in [2.24, 2.45) is 16.7 Å². The summed E-state index contributed by atoms with van der Waals surface area (Å²) in [6.45, 7) is 7.99. The predicted molar refractivity (Wildman–Crippen MR) is 111 cm³/mol. The SMILES string of the molecule is CC(C)CN1CC2(CO)CC3(CC(Cc4ccc(Br)cc4)(C1)C2O)OCCO3. The van der Waals surface area contributed by atoms with Crippen molar-refractivity contribution >= 4 is 15.9 Å². The van der Waals surface area contributed by atoms with Crippen LogP contribution in [0.3, 0.4) is 0 Å². The zero-order valence-electron chi connectivity index (χ0n) is 16.9. The van der Waals surface area contributed by atoms with E-state index in [1.807, 2.05) is 12.1 Å². The largest absolute Gasteiger partial charge is 0.396 e. The van der Waals surface area contributed by atoms with Crippen LogP contribution in [-0.4, -0.2) is 66.5 Å². The number of likely N-dealkylation sites (tertiary alicyclic amines) is 1. The van der Waals surface area contributed by atoms with Crippen LogP contribution < -0.4 is 0 Å². The van der Waals surface area contributed by atoms with E-state index in [9.17, 15) is 10.2 Å².